The van der Waals surface area contributed by atoms with Crippen molar-refractivity contribution in [1.82, 2.24) is 0 Å². The number of aliphatic hydroxyl groups excluding tert-OH is 1. The summed E-state index contributed by atoms with van der Waals surface area (Å²) in [6.45, 7) is 0.516. The van der Waals surface area contributed by atoms with Crippen LogP contribution in [0.4, 0.5) is 0 Å². The third-order valence-corrected chi connectivity index (χ3v) is 4.01. The van der Waals surface area contributed by atoms with Gasteiger partial charge in [-0.25, -0.2) is 8.42 Å². The van der Waals surface area contributed by atoms with Crippen LogP contribution in [0.5, 0.6) is 0 Å². The Morgan fingerprint density at radius 2 is 2.17 bits per heavy atom. The lowest BCUT2D eigenvalue weighted by Crippen LogP contribution is -2.37. The normalized spacial score (nSPS) is 34.8. The van der Waals surface area contributed by atoms with Gasteiger partial charge in [0.2, 0.25) is 0 Å². The van der Waals surface area contributed by atoms with Crippen molar-refractivity contribution in [2.24, 2.45) is 11.7 Å². The summed E-state index contributed by atoms with van der Waals surface area (Å²) in [5.74, 6) is 0.199. The van der Waals surface area contributed by atoms with Crippen LogP contribution in [-0.4, -0.2) is 37.7 Å². The molecule has 1 aliphatic heterocycles. The second kappa shape index (κ2) is 3.72. The standard InChI is InChI=1S/C7H15NO3S/c8-3-1-6-2-4-12(10,11)5-7(6)9/h6-7,9H,1-5,8H2. The quantitative estimate of drug-likeness (QED) is 0.597. The molecular weight excluding hydrogens is 178 g/mol. The van der Waals surface area contributed by atoms with E-state index >= 15 is 0 Å². The number of hydrogen-bond donors (Lipinski definition) is 2. The highest BCUT2D eigenvalue weighted by Crippen LogP contribution is 2.21. The van der Waals surface area contributed by atoms with Crippen molar-refractivity contribution >= 4 is 9.84 Å². The Hall–Kier alpha value is -0.130. The Bertz CT molecular complexity index is 237. The predicted octanol–water partition coefficient (Wildman–Crippen LogP) is -0.869. The Morgan fingerprint density at radius 1 is 1.50 bits per heavy atom. The second-order valence-electron chi connectivity index (χ2n) is 3.31. The SMILES string of the molecule is NCCC1CCS(=O)(=O)CC1O. The summed E-state index contributed by atoms with van der Waals surface area (Å²) in [5, 5.41) is 9.40. The molecular formula is C7H15NO3S. The number of hydrogen-bond acceptors (Lipinski definition) is 4. The van der Waals surface area contributed by atoms with E-state index in [2.05, 4.69) is 0 Å². The van der Waals surface area contributed by atoms with E-state index in [9.17, 15) is 13.5 Å². The maximum atomic E-state index is 11.0. The summed E-state index contributed by atoms with van der Waals surface area (Å²) < 4.78 is 22.0. The number of rotatable bonds is 2. The van der Waals surface area contributed by atoms with Gasteiger partial charge >= 0.3 is 0 Å². The molecule has 5 heteroatoms. The van der Waals surface area contributed by atoms with Crippen molar-refractivity contribution in [3.63, 3.8) is 0 Å². The first-order valence-electron chi connectivity index (χ1n) is 4.14. The van der Waals surface area contributed by atoms with Gasteiger partial charge in [0.15, 0.2) is 9.84 Å². The molecule has 0 bridgehead atoms. The van der Waals surface area contributed by atoms with Gasteiger partial charge in [-0.05, 0) is 25.3 Å². The summed E-state index contributed by atoms with van der Waals surface area (Å²) in [7, 11) is -2.97. The zero-order valence-electron chi connectivity index (χ0n) is 6.94. The van der Waals surface area contributed by atoms with Crippen molar-refractivity contribution in [3.8, 4) is 0 Å². The van der Waals surface area contributed by atoms with Crippen LogP contribution in [0, 0.1) is 5.92 Å². The molecule has 72 valence electrons. The molecule has 0 aromatic rings. The average molecular weight is 193 g/mol. The molecule has 0 saturated carbocycles. The molecule has 1 rings (SSSR count). The fourth-order valence-electron chi connectivity index (χ4n) is 1.55. The Morgan fingerprint density at radius 3 is 2.67 bits per heavy atom. The summed E-state index contributed by atoms with van der Waals surface area (Å²) in [6.07, 6.45) is 0.574. The predicted molar refractivity (Wildman–Crippen MR) is 46.4 cm³/mol. The van der Waals surface area contributed by atoms with E-state index in [0.717, 1.165) is 6.42 Å². The van der Waals surface area contributed by atoms with Crippen molar-refractivity contribution < 1.29 is 13.5 Å². The van der Waals surface area contributed by atoms with Crippen LogP contribution in [0.25, 0.3) is 0 Å². The van der Waals surface area contributed by atoms with Crippen molar-refractivity contribution in [3.05, 3.63) is 0 Å². The molecule has 0 amide bonds. The lowest BCUT2D eigenvalue weighted by Gasteiger charge is -2.26. The maximum Gasteiger partial charge on any atom is 0.152 e. The van der Waals surface area contributed by atoms with Crippen LogP contribution in [0.2, 0.25) is 0 Å². The third-order valence-electron chi connectivity index (χ3n) is 2.31. The Balaban J connectivity index is 2.54. The summed E-state index contributed by atoms with van der Waals surface area (Å²) in [4.78, 5) is 0. The molecule has 2 atom stereocenters. The summed E-state index contributed by atoms with van der Waals surface area (Å²) in [6, 6.07) is 0. The molecule has 1 heterocycles. The number of aliphatic hydroxyl groups is 1. The molecule has 0 aromatic carbocycles. The van der Waals surface area contributed by atoms with E-state index in [1.54, 1.807) is 0 Å². The van der Waals surface area contributed by atoms with Crippen molar-refractivity contribution in [2.45, 2.75) is 18.9 Å². The molecule has 0 aromatic heterocycles. The third kappa shape index (κ3) is 2.43. The molecule has 0 radical (unpaired) electrons. The molecule has 0 spiro atoms. The molecule has 12 heavy (non-hydrogen) atoms. The first-order chi connectivity index (χ1) is 5.55. The van der Waals surface area contributed by atoms with Gasteiger partial charge in [-0.15, -0.1) is 0 Å². The number of nitrogens with two attached hydrogens (primary N) is 1. The van der Waals surface area contributed by atoms with Gasteiger partial charge in [0.05, 0.1) is 17.6 Å². The lowest BCUT2D eigenvalue weighted by atomic mass is 9.96. The molecule has 1 fully saturated rings. The van der Waals surface area contributed by atoms with Gasteiger partial charge in [-0.1, -0.05) is 0 Å². The smallest absolute Gasteiger partial charge is 0.152 e. The van der Waals surface area contributed by atoms with Crippen LogP contribution in [0.3, 0.4) is 0 Å². The van der Waals surface area contributed by atoms with Crippen molar-refractivity contribution in [2.75, 3.05) is 18.1 Å². The Labute approximate surface area is 72.7 Å². The van der Waals surface area contributed by atoms with E-state index in [1.165, 1.54) is 0 Å². The zero-order valence-corrected chi connectivity index (χ0v) is 7.76. The minimum absolute atomic E-state index is 0.0820. The highest BCUT2D eigenvalue weighted by atomic mass is 32.2. The largest absolute Gasteiger partial charge is 0.392 e. The minimum atomic E-state index is -2.97. The van der Waals surface area contributed by atoms with Crippen LogP contribution in [0.15, 0.2) is 0 Å². The van der Waals surface area contributed by atoms with Gasteiger partial charge < -0.3 is 10.8 Å². The summed E-state index contributed by atoms with van der Waals surface area (Å²) in [5.41, 5.74) is 5.33. The molecule has 4 nitrogen and oxygen atoms in total. The summed E-state index contributed by atoms with van der Waals surface area (Å²) >= 11 is 0. The second-order valence-corrected chi connectivity index (χ2v) is 5.54. The van der Waals surface area contributed by atoms with Crippen LogP contribution in [-0.2, 0) is 9.84 Å². The van der Waals surface area contributed by atoms with E-state index in [1.807, 2.05) is 0 Å². The molecule has 1 aliphatic rings. The van der Waals surface area contributed by atoms with E-state index < -0.39 is 15.9 Å². The monoisotopic (exact) mass is 193 g/mol. The molecule has 0 aliphatic carbocycles. The van der Waals surface area contributed by atoms with E-state index in [-0.39, 0.29) is 17.4 Å². The van der Waals surface area contributed by atoms with Crippen LogP contribution >= 0.6 is 0 Å². The maximum absolute atomic E-state index is 11.0. The molecule has 2 unspecified atom stereocenters. The van der Waals surface area contributed by atoms with Crippen LogP contribution < -0.4 is 5.73 Å². The topological polar surface area (TPSA) is 80.4 Å². The fraction of sp³-hybridized carbons (Fsp3) is 1.00. The van der Waals surface area contributed by atoms with Gasteiger partial charge in [-0.3, -0.25) is 0 Å². The average Bonchev–Trinajstić information content (AvgIpc) is 1.94. The number of sulfone groups is 1. The van der Waals surface area contributed by atoms with Crippen molar-refractivity contribution in [1.29, 1.82) is 0 Å². The van der Waals surface area contributed by atoms with E-state index in [4.69, 9.17) is 5.73 Å². The van der Waals surface area contributed by atoms with Gasteiger partial charge in [0, 0.05) is 0 Å². The Kier molecular flexibility index (Phi) is 3.09. The van der Waals surface area contributed by atoms with Gasteiger partial charge in [-0.2, -0.15) is 0 Å². The highest BCUT2D eigenvalue weighted by Gasteiger charge is 2.30. The van der Waals surface area contributed by atoms with Gasteiger partial charge in [0.1, 0.15) is 0 Å². The lowest BCUT2D eigenvalue weighted by molar-refractivity contribution is 0.116. The first-order valence-corrected chi connectivity index (χ1v) is 5.96. The van der Waals surface area contributed by atoms with Crippen LogP contribution in [0.1, 0.15) is 12.8 Å². The van der Waals surface area contributed by atoms with Gasteiger partial charge in [0.25, 0.3) is 0 Å². The molecule has 3 N–H and O–H groups in total. The zero-order chi connectivity index (χ0) is 9.19. The first kappa shape index (κ1) is 9.95. The minimum Gasteiger partial charge on any atom is -0.392 e. The molecule has 1 saturated heterocycles. The fourth-order valence-corrected chi connectivity index (χ4v) is 3.17. The van der Waals surface area contributed by atoms with E-state index in [0.29, 0.717) is 13.0 Å². The highest BCUT2D eigenvalue weighted by molar-refractivity contribution is 7.91.